The highest BCUT2D eigenvalue weighted by Gasteiger charge is 2.24. The molecule has 0 unspecified atom stereocenters. The normalized spacial score (nSPS) is 15.9. The second-order valence-electron chi connectivity index (χ2n) is 4.01. The molecule has 2 rings (SSSR count). The third kappa shape index (κ3) is 2.54. The Hall–Kier alpha value is -0.940. The monoisotopic (exact) mass is 211 g/mol. The molecule has 1 aromatic rings. The summed E-state index contributed by atoms with van der Waals surface area (Å²) in [6.45, 7) is 1.54. The quantitative estimate of drug-likeness (QED) is 0.738. The Labute approximate surface area is 89.0 Å². The predicted molar refractivity (Wildman–Crippen MR) is 54.2 cm³/mol. The molecule has 0 amide bonds. The van der Waals surface area contributed by atoms with Gasteiger partial charge in [-0.2, -0.15) is 0 Å². The maximum absolute atomic E-state index is 9.12. The number of aromatic nitrogens is 3. The van der Waals surface area contributed by atoms with Crippen LogP contribution in [-0.2, 0) is 24.3 Å². The molecule has 0 atom stereocenters. The molecule has 1 heterocycles. The molecule has 15 heavy (non-hydrogen) atoms. The fourth-order valence-corrected chi connectivity index (χ4v) is 1.66. The second kappa shape index (κ2) is 4.72. The third-order valence-electron chi connectivity index (χ3n) is 2.74. The van der Waals surface area contributed by atoms with Crippen LogP contribution in [0.15, 0.2) is 0 Å². The lowest BCUT2D eigenvalue weighted by Crippen LogP contribution is -2.10. The van der Waals surface area contributed by atoms with Crippen LogP contribution in [0.3, 0.4) is 0 Å². The van der Waals surface area contributed by atoms with Crippen molar-refractivity contribution in [3.05, 3.63) is 11.4 Å². The Morgan fingerprint density at radius 3 is 2.93 bits per heavy atom. The lowest BCUT2D eigenvalue weighted by molar-refractivity contribution is 0.198. The molecular weight excluding hydrogens is 194 g/mol. The smallest absolute Gasteiger partial charge is 0.111 e. The van der Waals surface area contributed by atoms with Crippen LogP contribution >= 0.6 is 0 Å². The number of hydrogen-bond acceptors (Lipinski definition) is 4. The van der Waals surface area contributed by atoms with Crippen molar-refractivity contribution in [3.8, 4) is 0 Å². The minimum Gasteiger partial charge on any atom is -0.390 e. The molecule has 0 saturated heterocycles. The van der Waals surface area contributed by atoms with E-state index in [1.165, 1.54) is 12.8 Å². The number of rotatable bonds is 6. The van der Waals surface area contributed by atoms with Gasteiger partial charge in [0.15, 0.2) is 0 Å². The minimum absolute atomic E-state index is 0.0380. The first-order valence-corrected chi connectivity index (χ1v) is 5.36. The third-order valence-corrected chi connectivity index (χ3v) is 2.74. The van der Waals surface area contributed by atoms with Crippen LogP contribution in [0.25, 0.3) is 0 Å². The highest BCUT2D eigenvalue weighted by molar-refractivity contribution is 5.09. The highest BCUT2D eigenvalue weighted by Crippen LogP contribution is 2.30. The number of ether oxygens (including phenoxy) is 1. The van der Waals surface area contributed by atoms with Gasteiger partial charge in [-0.1, -0.05) is 5.21 Å². The lowest BCUT2D eigenvalue weighted by Gasteiger charge is -2.05. The summed E-state index contributed by atoms with van der Waals surface area (Å²) >= 11 is 0. The molecule has 0 aromatic carbocycles. The lowest BCUT2D eigenvalue weighted by atomic mass is 10.2. The van der Waals surface area contributed by atoms with E-state index in [1.807, 2.05) is 4.68 Å². The van der Waals surface area contributed by atoms with E-state index >= 15 is 0 Å². The van der Waals surface area contributed by atoms with E-state index in [9.17, 15) is 0 Å². The molecule has 1 aliphatic carbocycles. The van der Waals surface area contributed by atoms with Crippen molar-refractivity contribution in [2.75, 3.05) is 13.7 Å². The summed E-state index contributed by atoms with van der Waals surface area (Å²) in [5, 5.41) is 17.2. The van der Waals surface area contributed by atoms with Crippen LogP contribution in [0.4, 0.5) is 0 Å². The fourth-order valence-electron chi connectivity index (χ4n) is 1.66. The van der Waals surface area contributed by atoms with Crippen LogP contribution in [0.2, 0.25) is 0 Å². The van der Waals surface area contributed by atoms with Crippen LogP contribution in [0.1, 0.15) is 24.2 Å². The van der Waals surface area contributed by atoms with Gasteiger partial charge < -0.3 is 9.84 Å². The van der Waals surface area contributed by atoms with E-state index < -0.39 is 0 Å². The van der Waals surface area contributed by atoms with Gasteiger partial charge in [-0.05, 0) is 18.8 Å². The SMILES string of the molecule is COCCc1c(CO)nnn1CC1CC1. The molecule has 1 saturated carbocycles. The Balaban J connectivity index is 2.08. The van der Waals surface area contributed by atoms with E-state index in [1.54, 1.807) is 7.11 Å². The number of aliphatic hydroxyl groups excluding tert-OH is 1. The first kappa shape index (κ1) is 10.6. The Bertz CT molecular complexity index is 320. The second-order valence-corrected chi connectivity index (χ2v) is 4.01. The largest absolute Gasteiger partial charge is 0.390 e. The number of nitrogens with zero attached hydrogens (tertiary/aromatic N) is 3. The molecule has 1 N–H and O–H groups in total. The molecule has 84 valence electrons. The molecule has 0 spiro atoms. The molecular formula is C10H17N3O2. The van der Waals surface area contributed by atoms with E-state index in [0.717, 1.165) is 24.6 Å². The van der Waals surface area contributed by atoms with E-state index in [2.05, 4.69) is 10.3 Å². The number of hydrogen-bond donors (Lipinski definition) is 1. The molecule has 1 aromatic heterocycles. The zero-order valence-corrected chi connectivity index (χ0v) is 9.02. The summed E-state index contributed by atoms with van der Waals surface area (Å²) < 4.78 is 6.96. The molecule has 5 heteroatoms. The Morgan fingerprint density at radius 1 is 1.53 bits per heavy atom. The van der Waals surface area contributed by atoms with Crippen LogP contribution in [-0.4, -0.2) is 33.8 Å². The standard InChI is InChI=1S/C10H17N3O2/c1-15-5-4-10-9(7-14)11-12-13(10)6-8-2-3-8/h8,14H,2-7H2,1H3. The van der Waals surface area contributed by atoms with Gasteiger partial charge in [0.25, 0.3) is 0 Å². The highest BCUT2D eigenvalue weighted by atomic mass is 16.5. The van der Waals surface area contributed by atoms with Crippen molar-refractivity contribution in [3.63, 3.8) is 0 Å². The zero-order valence-electron chi connectivity index (χ0n) is 9.02. The minimum atomic E-state index is -0.0380. The number of aliphatic hydroxyl groups is 1. The van der Waals surface area contributed by atoms with Crippen molar-refractivity contribution in [2.24, 2.45) is 5.92 Å². The van der Waals surface area contributed by atoms with E-state index in [-0.39, 0.29) is 6.61 Å². The van der Waals surface area contributed by atoms with E-state index in [0.29, 0.717) is 12.3 Å². The van der Waals surface area contributed by atoms with Gasteiger partial charge in [0.05, 0.1) is 18.9 Å². The van der Waals surface area contributed by atoms with Gasteiger partial charge in [-0.15, -0.1) is 5.10 Å². The molecule has 0 radical (unpaired) electrons. The summed E-state index contributed by atoms with van der Waals surface area (Å²) in [6, 6.07) is 0. The van der Waals surface area contributed by atoms with Gasteiger partial charge in [0, 0.05) is 20.1 Å². The first-order valence-electron chi connectivity index (χ1n) is 5.36. The maximum atomic E-state index is 9.12. The van der Waals surface area contributed by atoms with Crippen LogP contribution in [0, 0.1) is 5.92 Å². The van der Waals surface area contributed by atoms with Crippen molar-refractivity contribution in [1.82, 2.24) is 15.0 Å². The Kier molecular flexibility index (Phi) is 3.33. The topological polar surface area (TPSA) is 60.2 Å². The zero-order chi connectivity index (χ0) is 10.7. The van der Waals surface area contributed by atoms with Gasteiger partial charge >= 0.3 is 0 Å². The summed E-state index contributed by atoms with van der Waals surface area (Å²) in [5.41, 5.74) is 1.71. The van der Waals surface area contributed by atoms with Gasteiger partial charge in [-0.3, -0.25) is 0 Å². The summed E-state index contributed by atoms with van der Waals surface area (Å²) in [4.78, 5) is 0. The molecule has 1 fully saturated rings. The average Bonchev–Trinajstić information content (AvgIpc) is 2.97. The summed E-state index contributed by atoms with van der Waals surface area (Å²) in [7, 11) is 1.67. The van der Waals surface area contributed by atoms with Crippen LogP contribution < -0.4 is 0 Å². The molecule has 0 bridgehead atoms. The summed E-state index contributed by atoms with van der Waals surface area (Å²) in [5.74, 6) is 0.763. The molecule has 0 aliphatic heterocycles. The van der Waals surface area contributed by atoms with Crippen LogP contribution in [0.5, 0.6) is 0 Å². The predicted octanol–water partition coefficient (Wildman–Crippen LogP) is 0.369. The molecule has 5 nitrogen and oxygen atoms in total. The fraction of sp³-hybridized carbons (Fsp3) is 0.800. The average molecular weight is 211 g/mol. The Morgan fingerprint density at radius 2 is 2.33 bits per heavy atom. The number of methoxy groups -OCH3 is 1. The van der Waals surface area contributed by atoms with Crippen molar-refractivity contribution < 1.29 is 9.84 Å². The van der Waals surface area contributed by atoms with Gasteiger partial charge in [0.2, 0.25) is 0 Å². The maximum Gasteiger partial charge on any atom is 0.111 e. The van der Waals surface area contributed by atoms with Gasteiger partial charge in [-0.25, -0.2) is 4.68 Å². The van der Waals surface area contributed by atoms with E-state index in [4.69, 9.17) is 9.84 Å². The first-order chi connectivity index (χ1) is 7.35. The molecule has 1 aliphatic rings. The van der Waals surface area contributed by atoms with Crippen molar-refractivity contribution in [1.29, 1.82) is 0 Å². The summed E-state index contributed by atoms with van der Waals surface area (Å²) in [6.07, 6.45) is 3.35. The van der Waals surface area contributed by atoms with Gasteiger partial charge in [0.1, 0.15) is 5.69 Å². The van der Waals surface area contributed by atoms with Crippen molar-refractivity contribution in [2.45, 2.75) is 32.4 Å². The van der Waals surface area contributed by atoms with Crippen molar-refractivity contribution >= 4 is 0 Å².